The average molecular weight is 418 g/mol. The van der Waals surface area contributed by atoms with E-state index in [-0.39, 0.29) is 12.3 Å². The first kappa shape index (κ1) is 19.9. The van der Waals surface area contributed by atoms with Gasteiger partial charge in [-0.3, -0.25) is 10.1 Å². The third-order valence-corrected chi connectivity index (χ3v) is 4.78. The zero-order chi connectivity index (χ0) is 20.3. The summed E-state index contributed by atoms with van der Waals surface area (Å²) in [6.07, 6.45) is 1.61. The zero-order valence-electron chi connectivity index (χ0n) is 15.2. The van der Waals surface area contributed by atoms with Gasteiger partial charge in [0, 0.05) is 34.1 Å². The molecule has 0 spiro atoms. The van der Waals surface area contributed by atoms with Crippen molar-refractivity contribution in [3.8, 4) is 5.69 Å². The van der Waals surface area contributed by atoms with Crippen molar-refractivity contribution in [2.45, 2.75) is 20.5 Å². The van der Waals surface area contributed by atoms with Crippen LogP contribution in [0.15, 0.2) is 53.7 Å². The Balaban J connectivity index is 1.75. The molecule has 3 rings (SSSR count). The molecule has 3 aromatic rings. The van der Waals surface area contributed by atoms with Gasteiger partial charge in [-0.1, -0.05) is 40.5 Å². The lowest BCUT2D eigenvalue weighted by atomic mass is 10.2. The predicted octanol–water partition coefficient (Wildman–Crippen LogP) is 5.86. The molecule has 6 nitrogen and oxygen atoms in total. The molecule has 1 aromatic heterocycles. The highest BCUT2D eigenvalue weighted by Gasteiger charge is 2.12. The summed E-state index contributed by atoms with van der Waals surface area (Å²) in [6, 6.07) is 13.6. The van der Waals surface area contributed by atoms with Gasteiger partial charge in [0.15, 0.2) is 0 Å². The molecule has 8 heteroatoms. The number of nitro groups is 1. The van der Waals surface area contributed by atoms with Crippen LogP contribution in [0.5, 0.6) is 0 Å². The molecule has 0 bridgehead atoms. The Morgan fingerprint density at radius 1 is 1.18 bits per heavy atom. The summed E-state index contributed by atoms with van der Waals surface area (Å²) in [5.41, 5.74) is 4.34. The van der Waals surface area contributed by atoms with E-state index in [1.165, 1.54) is 12.1 Å². The molecular formula is C20H17Cl2N3O3. The van der Waals surface area contributed by atoms with Crippen LogP contribution in [0.3, 0.4) is 0 Å². The van der Waals surface area contributed by atoms with E-state index in [0.717, 1.165) is 22.6 Å². The van der Waals surface area contributed by atoms with Gasteiger partial charge < -0.3 is 9.40 Å². The van der Waals surface area contributed by atoms with E-state index in [0.29, 0.717) is 15.6 Å². The number of nitrogens with zero attached hydrogens (tertiary/aromatic N) is 3. The minimum absolute atomic E-state index is 0.0217. The van der Waals surface area contributed by atoms with E-state index in [9.17, 15) is 10.1 Å². The molecule has 0 saturated carbocycles. The molecule has 1 heterocycles. The van der Waals surface area contributed by atoms with Crippen LogP contribution in [-0.4, -0.2) is 15.7 Å². The van der Waals surface area contributed by atoms with Crippen LogP contribution in [0.1, 0.15) is 22.5 Å². The van der Waals surface area contributed by atoms with Crippen molar-refractivity contribution in [1.29, 1.82) is 0 Å². The Morgan fingerprint density at radius 3 is 2.68 bits per heavy atom. The third-order valence-electron chi connectivity index (χ3n) is 4.24. The molecule has 0 fully saturated rings. The van der Waals surface area contributed by atoms with Crippen LogP contribution in [-0.2, 0) is 11.4 Å². The number of aromatic nitrogens is 1. The predicted molar refractivity (Wildman–Crippen MR) is 111 cm³/mol. The van der Waals surface area contributed by atoms with Gasteiger partial charge in [-0.25, -0.2) is 0 Å². The smallest absolute Gasteiger partial charge is 0.269 e. The van der Waals surface area contributed by atoms with Gasteiger partial charge in [-0.05, 0) is 43.7 Å². The number of non-ortho nitro benzene ring substituents is 1. The lowest BCUT2D eigenvalue weighted by Crippen LogP contribution is -2.00. The average Bonchev–Trinajstić information content (AvgIpc) is 2.93. The number of aryl methyl sites for hydroxylation is 1. The van der Waals surface area contributed by atoms with Gasteiger partial charge in [0.1, 0.15) is 6.61 Å². The summed E-state index contributed by atoms with van der Waals surface area (Å²) in [5, 5.41) is 15.9. The lowest BCUT2D eigenvalue weighted by Gasteiger charge is -2.11. The summed E-state index contributed by atoms with van der Waals surface area (Å²) < 4.78 is 2.01. The van der Waals surface area contributed by atoms with Crippen molar-refractivity contribution in [3.63, 3.8) is 0 Å². The second-order valence-electron chi connectivity index (χ2n) is 6.19. The molecule has 2 aromatic carbocycles. The highest BCUT2D eigenvalue weighted by atomic mass is 35.5. The van der Waals surface area contributed by atoms with E-state index < -0.39 is 4.92 Å². The number of nitro benzene ring substituents is 1. The van der Waals surface area contributed by atoms with Gasteiger partial charge in [-0.15, -0.1) is 0 Å². The quantitative estimate of drug-likeness (QED) is 0.286. The van der Waals surface area contributed by atoms with E-state index in [4.69, 9.17) is 28.0 Å². The molecule has 144 valence electrons. The van der Waals surface area contributed by atoms with Crippen LogP contribution in [0.25, 0.3) is 5.69 Å². The number of hydrogen-bond acceptors (Lipinski definition) is 4. The fraction of sp³-hybridized carbons (Fsp3) is 0.150. The molecule has 0 amide bonds. The molecule has 0 atom stereocenters. The number of halogens is 2. The maximum atomic E-state index is 10.8. The molecule has 0 N–H and O–H groups in total. The van der Waals surface area contributed by atoms with Gasteiger partial charge >= 0.3 is 0 Å². The number of hydrogen-bond donors (Lipinski definition) is 0. The van der Waals surface area contributed by atoms with Crippen LogP contribution >= 0.6 is 23.2 Å². The van der Waals surface area contributed by atoms with Crippen molar-refractivity contribution >= 4 is 35.1 Å². The van der Waals surface area contributed by atoms with Crippen LogP contribution in [0.4, 0.5) is 5.69 Å². The molecule has 0 saturated heterocycles. The van der Waals surface area contributed by atoms with Crippen LogP contribution < -0.4 is 0 Å². The molecule has 0 aliphatic heterocycles. The molecule has 28 heavy (non-hydrogen) atoms. The largest absolute Gasteiger partial charge is 0.391 e. The first-order chi connectivity index (χ1) is 13.4. The number of oxime groups is 1. The Bertz CT molecular complexity index is 1060. The third kappa shape index (κ3) is 4.35. The first-order valence-electron chi connectivity index (χ1n) is 8.40. The van der Waals surface area contributed by atoms with Gasteiger partial charge in [-0.2, -0.15) is 0 Å². The Labute approximate surface area is 172 Å². The molecule has 0 aliphatic carbocycles. The monoisotopic (exact) mass is 417 g/mol. The zero-order valence-corrected chi connectivity index (χ0v) is 16.7. The lowest BCUT2D eigenvalue weighted by molar-refractivity contribution is -0.384. The molecule has 0 aliphatic rings. The van der Waals surface area contributed by atoms with Crippen molar-refractivity contribution in [3.05, 3.63) is 91.2 Å². The minimum atomic E-state index is -0.441. The summed E-state index contributed by atoms with van der Waals surface area (Å²) in [6.45, 7) is 4.07. The van der Waals surface area contributed by atoms with E-state index in [1.54, 1.807) is 30.5 Å². The highest BCUT2D eigenvalue weighted by molar-refractivity contribution is 6.35. The summed E-state index contributed by atoms with van der Waals surface area (Å²) in [5.74, 6) is 0. The Hall–Kier alpha value is -2.83. The standard InChI is InChI=1S/C20H17Cl2N3O3/c1-13-8-16(14(2)24(13)20-7-6-17(21)10-19(20)22)11-23-28-12-15-4-3-5-18(9-15)25(26)27/h3-11H,12H2,1-2H3/b23-11-. The minimum Gasteiger partial charge on any atom is -0.391 e. The van der Waals surface area contributed by atoms with Crippen LogP contribution in [0.2, 0.25) is 10.0 Å². The van der Waals surface area contributed by atoms with E-state index >= 15 is 0 Å². The summed E-state index contributed by atoms with van der Waals surface area (Å²) in [7, 11) is 0. The highest BCUT2D eigenvalue weighted by Crippen LogP contribution is 2.28. The molecular weight excluding hydrogens is 401 g/mol. The van der Waals surface area contributed by atoms with Crippen molar-refractivity contribution in [2.24, 2.45) is 5.16 Å². The SMILES string of the molecule is Cc1cc(/C=N\OCc2cccc([N+](=O)[O-])c2)c(C)n1-c1ccc(Cl)cc1Cl. The Morgan fingerprint density at radius 2 is 1.96 bits per heavy atom. The topological polar surface area (TPSA) is 69.7 Å². The van der Waals surface area contributed by atoms with Crippen molar-refractivity contribution in [1.82, 2.24) is 4.57 Å². The second kappa shape index (κ2) is 8.46. The van der Waals surface area contributed by atoms with E-state index in [1.807, 2.05) is 30.5 Å². The van der Waals surface area contributed by atoms with E-state index in [2.05, 4.69) is 5.16 Å². The summed E-state index contributed by atoms with van der Waals surface area (Å²) >= 11 is 12.3. The fourth-order valence-corrected chi connectivity index (χ4v) is 3.41. The number of benzene rings is 2. The van der Waals surface area contributed by atoms with Crippen LogP contribution in [0, 0.1) is 24.0 Å². The maximum absolute atomic E-state index is 10.8. The van der Waals surface area contributed by atoms with Crippen molar-refractivity contribution in [2.75, 3.05) is 0 Å². The Kier molecular flexibility index (Phi) is 6.02. The normalized spacial score (nSPS) is 11.1. The van der Waals surface area contributed by atoms with Crippen molar-refractivity contribution < 1.29 is 9.76 Å². The molecule has 0 radical (unpaired) electrons. The first-order valence-corrected chi connectivity index (χ1v) is 9.15. The molecule has 0 unspecified atom stereocenters. The summed E-state index contributed by atoms with van der Waals surface area (Å²) in [4.78, 5) is 15.7. The number of rotatable bonds is 6. The van der Waals surface area contributed by atoms with Gasteiger partial charge in [0.25, 0.3) is 5.69 Å². The fourth-order valence-electron chi connectivity index (χ4n) is 2.92. The van der Waals surface area contributed by atoms with Gasteiger partial charge in [0.05, 0.1) is 21.8 Å². The van der Waals surface area contributed by atoms with Gasteiger partial charge in [0.2, 0.25) is 0 Å². The second-order valence-corrected chi connectivity index (χ2v) is 7.04. The maximum Gasteiger partial charge on any atom is 0.269 e.